The number of H-pyrrole nitrogens is 1. The van der Waals surface area contributed by atoms with E-state index < -0.39 is 18.2 Å². The fourth-order valence-corrected chi connectivity index (χ4v) is 3.66. The van der Waals surface area contributed by atoms with Crippen LogP contribution in [0.2, 0.25) is 0 Å². The number of amides is 1. The summed E-state index contributed by atoms with van der Waals surface area (Å²) >= 11 is 0. The molecule has 1 saturated heterocycles. The standard InChI is InChI=1S/C22H25F2N3O5/c23-22(24,15-6-2-1-3-7-15)18(28)12-11-17-9-4-10-19(29)27(17)13-5-8-16-14-25-20(26-16)32-21(30)31/h1-3,6-7,11-12,14,17-18,28H,4-5,8-10,13H2,(H,25,26)(H,30,31)/b12-11+/t17-,18-/m1/s1. The number of carboxylic acid groups (broad SMARTS) is 1. The van der Waals surface area contributed by atoms with Gasteiger partial charge in [0.05, 0.1) is 12.2 Å². The topological polar surface area (TPSA) is 116 Å². The van der Waals surface area contributed by atoms with Gasteiger partial charge in [0.2, 0.25) is 5.91 Å². The highest BCUT2D eigenvalue weighted by Gasteiger charge is 2.39. The molecule has 0 saturated carbocycles. The van der Waals surface area contributed by atoms with E-state index in [1.807, 2.05) is 0 Å². The quantitative estimate of drug-likeness (QED) is 0.399. The van der Waals surface area contributed by atoms with Crippen LogP contribution in [0, 0.1) is 0 Å². The fraction of sp³-hybridized carbons (Fsp3) is 0.409. The monoisotopic (exact) mass is 449 g/mol. The normalized spacial score (nSPS) is 18.2. The molecule has 3 N–H and O–H groups in total. The van der Waals surface area contributed by atoms with Crippen LogP contribution in [-0.2, 0) is 17.1 Å². The number of aryl methyl sites for hydroxylation is 1. The van der Waals surface area contributed by atoms with E-state index in [0.29, 0.717) is 44.3 Å². The molecule has 1 aliphatic rings. The minimum atomic E-state index is -3.45. The Morgan fingerprint density at radius 3 is 2.84 bits per heavy atom. The number of aliphatic hydroxyl groups is 1. The van der Waals surface area contributed by atoms with Crippen LogP contribution in [0.15, 0.2) is 48.7 Å². The summed E-state index contributed by atoms with van der Waals surface area (Å²) in [4.78, 5) is 31.1. The number of piperidine rings is 1. The van der Waals surface area contributed by atoms with Gasteiger partial charge >= 0.3 is 18.1 Å². The van der Waals surface area contributed by atoms with E-state index in [-0.39, 0.29) is 23.5 Å². The van der Waals surface area contributed by atoms with Gasteiger partial charge in [-0.05, 0) is 25.7 Å². The number of benzene rings is 1. The van der Waals surface area contributed by atoms with E-state index in [2.05, 4.69) is 14.7 Å². The molecular formula is C22H25F2N3O5. The Bertz CT molecular complexity index is 948. The van der Waals surface area contributed by atoms with Crippen molar-refractivity contribution >= 4 is 12.1 Å². The first-order valence-corrected chi connectivity index (χ1v) is 10.3. The van der Waals surface area contributed by atoms with Gasteiger partial charge in [0.25, 0.3) is 0 Å². The summed E-state index contributed by atoms with van der Waals surface area (Å²) in [6, 6.07) is 6.60. The minimum Gasteiger partial charge on any atom is -0.449 e. The molecule has 8 nitrogen and oxygen atoms in total. The number of nitrogens with one attached hydrogen (secondary N) is 1. The number of ether oxygens (including phenoxy) is 1. The van der Waals surface area contributed by atoms with Crippen LogP contribution in [0.1, 0.15) is 36.9 Å². The van der Waals surface area contributed by atoms with Gasteiger partial charge in [-0.15, -0.1) is 0 Å². The smallest absolute Gasteiger partial charge is 0.449 e. The van der Waals surface area contributed by atoms with Crippen molar-refractivity contribution in [3.63, 3.8) is 0 Å². The number of alkyl halides is 2. The molecule has 2 heterocycles. The summed E-state index contributed by atoms with van der Waals surface area (Å²) in [5.41, 5.74) is 0.371. The molecule has 1 aliphatic heterocycles. The number of carbonyl (C=O) groups is 2. The number of aromatic nitrogens is 2. The van der Waals surface area contributed by atoms with Gasteiger partial charge in [0, 0.05) is 24.2 Å². The average molecular weight is 449 g/mol. The van der Waals surface area contributed by atoms with Crippen molar-refractivity contribution in [2.24, 2.45) is 0 Å². The lowest BCUT2D eigenvalue weighted by atomic mass is 9.98. The van der Waals surface area contributed by atoms with Crippen molar-refractivity contribution in [1.82, 2.24) is 14.9 Å². The van der Waals surface area contributed by atoms with Crippen LogP contribution in [0.3, 0.4) is 0 Å². The number of aromatic amines is 1. The van der Waals surface area contributed by atoms with Gasteiger partial charge in [0.15, 0.2) is 0 Å². The third-order valence-electron chi connectivity index (χ3n) is 5.29. The third kappa shape index (κ3) is 5.91. The SMILES string of the molecule is O=C(O)Oc1ncc(CCCN2C(=O)CCC[C@@H]2/C=C/[C@@H](O)C(F)(F)c2ccccc2)[nH]1. The zero-order valence-electron chi connectivity index (χ0n) is 17.3. The molecule has 0 radical (unpaired) electrons. The fourth-order valence-electron chi connectivity index (χ4n) is 3.66. The molecule has 0 unspecified atom stereocenters. The van der Waals surface area contributed by atoms with Crippen LogP contribution < -0.4 is 4.74 Å². The third-order valence-corrected chi connectivity index (χ3v) is 5.29. The number of hydrogen-bond donors (Lipinski definition) is 3. The van der Waals surface area contributed by atoms with E-state index in [4.69, 9.17) is 5.11 Å². The summed E-state index contributed by atoms with van der Waals surface area (Å²) in [5, 5.41) is 18.7. The molecule has 1 aromatic heterocycles. The summed E-state index contributed by atoms with van der Waals surface area (Å²) in [7, 11) is 0. The second-order valence-electron chi connectivity index (χ2n) is 7.55. The van der Waals surface area contributed by atoms with Gasteiger partial charge in [-0.2, -0.15) is 8.78 Å². The minimum absolute atomic E-state index is 0.0743. The van der Waals surface area contributed by atoms with Crippen molar-refractivity contribution in [3.8, 4) is 6.01 Å². The molecule has 0 aliphatic carbocycles. The Hall–Kier alpha value is -3.27. The van der Waals surface area contributed by atoms with E-state index in [1.165, 1.54) is 36.5 Å². The number of hydrogen-bond acceptors (Lipinski definition) is 5. The number of halogens is 2. The molecule has 0 spiro atoms. The maximum Gasteiger partial charge on any atom is 0.513 e. The van der Waals surface area contributed by atoms with Crippen molar-refractivity contribution in [2.45, 2.75) is 50.2 Å². The lowest BCUT2D eigenvalue weighted by molar-refractivity contribution is -0.135. The first-order chi connectivity index (χ1) is 15.3. The largest absolute Gasteiger partial charge is 0.513 e. The Morgan fingerprint density at radius 2 is 2.12 bits per heavy atom. The van der Waals surface area contributed by atoms with Gasteiger partial charge in [-0.1, -0.05) is 42.5 Å². The van der Waals surface area contributed by atoms with Crippen molar-refractivity contribution in [2.75, 3.05) is 6.54 Å². The lowest BCUT2D eigenvalue weighted by Crippen LogP contribution is -2.43. The van der Waals surface area contributed by atoms with E-state index in [9.17, 15) is 23.5 Å². The van der Waals surface area contributed by atoms with Crippen LogP contribution in [-0.4, -0.2) is 55.8 Å². The number of carbonyl (C=O) groups excluding carboxylic acids is 1. The van der Waals surface area contributed by atoms with Crippen LogP contribution in [0.4, 0.5) is 13.6 Å². The van der Waals surface area contributed by atoms with Crippen LogP contribution in [0.5, 0.6) is 6.01 Å². The number of aliphatic hydroxyl groups excluding tert-OH is 1. The Labute approximate surface area is 183 Å². The Kier molecular flexibility index (Phi) is 7.57. The van der Waals surface area contributed by atoms with E-state index in [1.54, 1.807) is 11.0 Å². The van der Waals surface area contributed by atoms with Crippen molar-refractivity contribution in [3.05, 3.63) is 59.9 Å². The predicted octanol–water partition coefficient (Wildman–Crippen LogP) is 3.49. The Balaban J connectivity index is 1.59. The molecule has 3 rings (SSSR count). The highest BCUT2D eigenvalue weighted by molar-refractivity contribution is 5.77. The first-order valence-electron chi connectivity index (χ1n) is 10.3. The summed E-state index contributed by atoms with van der Waals surface area (Å²) in [5.74, 6) is -3.52. The zero-order chi connectivity index (χ0) is 23.1. The maximum atomic E-state index is 14.5. The number of imidazole rings is 1. The van der Waals surface area contributed by atoms with Gasteiger partial charge in [-0.3, -0.25) is 4.79 Å². The highest BCUT2D eigenvalue weighted by atomic mass is 19.3. The number of likely N-dealkylation sites (tertiary alicyclic amines) is 1. The van der Waals surface area contributed by atoms with Gasteiger partial charge in [0.1, 0.15) is 6.10 Å². The van der Waals surface area contributed by atoms with E-state index >= 15 is 0 Å². The molecule has 1 aromatic carbocycles. The molecule has 2 atom stereocenters. The second kappa shape index (κ2) is 10.4. The number of nitrogens with zero attached hydrogens (tertiary/aromatic N) is 2. The Morgan fingerprint density at radius 1 is 1.38 bits per heavy atom. The molecule has 10 heteroatoms. The molecule has 32 heavy (non-hydrogen) atoms. The zero-order valence-corrected chi connectivity index (χ0v) is 17.3. The summed E-state index contributed by atoms with van der Waals surface area (Å²) < 4.78 is 33.5. The molecule has 1 amide bonds. The van der Waals surface area contributed by atoms with Gasteiger partial charge < -0.3 is 24.8 Å². The highest BCUT2D eigenvalue weighted by Crippen LogP contribution is 2.32. The summed E-state index contributed by atoms with van der Waals surface area (Å²) in [6.07, 6.45) is 3.20. The maximum absolute atomic E-state index is 14.5. The second-order valence-corrected chi connectivity index (χ2v) is 7.55. The van der Waals surface area contributed by atoms with Crippen LogP contribution in [0.25, 0.3) is 0 Å². The van der Waals surface area contributed by atoms with Gasteiger partial charge in [-0.25, -0.2) is 9.78 Å². The first kappa shape index (κ1) is 23.4. The lowest BCUT2D eigenvalue weighted by Gasteiger charge is -2.34. The van der Waals surface area contributed by atoms with E-state index in [0.717, 1.165) is 6.08 Å². The molecular weight excluding hydrogens is 424 g/mol. The van der Waals surface area contributed by atoms with Crippen molar-refractivity contribution < 1.29 is 33.3 Å². The number of rotatable bonds is 9. The average Bonchev–Trinajstić information content (AvgIpc) is 3.20. The molecule has 172 valence electrons. The molecule has 2 aromatic rings. The molecule has 1 fully saturated rings. The van der Waals surface area contributed by atoms with Crippen LogP contribution >= 0.6 is 0 Å². The molecule has 0 bridgehead atoms. The predicted molar refractivity (Wildman–Crippen MR) is 110 cm³/mol. The van der Waals surface area contributed by atoms with Crippen molar-refractivity contribution in [1.29, 1.82) is 0 Å². The summed E-state index contributed by atoms with van der Waals surface area (Å²) in [6.45, 7) is 0.382.